The molecule has 0 unspecified atom stereocenters. The minimum Gasteiger partial charge on any atom is -0.379 e. The zero-order valence-electron chi connectivity index (χ0n) is 5.91. The van der Waals surface area contributed by atoms with Crippen molar-refractivity contribution >= 4 is 11.6 Å². The Morgan fingerprint density at radius 3 is 2.70 bits per heavy atom. The Morgan fingerprint density at radius 1 is 1.30 bits per heavy atom. The minimum absolute atomic E-state index is 0.324. The van der Waals surface area contributed by atoms with E-state index in [1.165, 1.54) is 0 Å². The average molecular weight is 170 g/mol. The SMILES string of the molecule is FCCNCCOCCCl. The van der Waals surface area contributed by atoms with Crippen LogP contribution in [0.15, 0.2) is 0 Å². The van der Waals surface area contributed by atoms with Gasteiger partial charge in [0.05, 0.1) is 13.2 Å². The summed E-state index contributed by atoms with van der Waals surface area (Å²) in [6.07, 6.45) is 0. The summed E-state index contributed by atoms with van der Waals surface area (Å²) in [5.74, 6) is 0.517. The lowest BCUT2D eigenvalue weighted by Crippen LogP contribution is -2.22. The van der Waals surface area contributed by atoms with Gasteiger partial charge in [0.1, 0.15) is 6.67 Å². The van der Waals surface area contributed by atoms with Crippen LogP contribution in [0.2, 0.25) is 0 Å². The first-order chi connectivity index (χ1) is 4.91. The first-order valence-electron chi connectivity index (χ1n) is 3.32. The van der Waals surface area contributed by atoms with Crippen molar-refractivity contribution in [2.75, 3.05) is 38.9 Å². The maximum atomic E-state index is 11.4. The normalized spacial score (nSPS) is 10.2. The van der Waals surface area contributed by atoms with E-state index in [0.29, 0.717) is 32.2 Å². The molecule has 0 saturated heterocycles. The molecule has 0 aromatic heterocycles. The molecule has 0 aromatic rings. The predicted octanol–water partition coefficient (Wildman–Crippen LogP) is 0.801. The van der Waals surface area contributed by atoms with Crippen LogP contribution < -0.4 is 5.32 Å². The summed E-state index contributed by atoms with van der Waals surface area (Å²) < 4.78 is 16.5. The predicted molar refractivity (Wildman–Crippen MR) is 40.4 cm³/mol. The van der Waals surface area contributed by atoms with Gasteiger partial charge in [-0.25, -0.2) is 4.39 Å². The summed E-state index contributed by atoms with van der Waals surface area (Å²) in [4.78, 5) is 0. The van der Waals surface area contributed by atoms with Gasteiger partial charge in [0.25, 0.3) is 0 Å². The van der Waals surface area contributed by atoms with Crippen LogP contribution in [-0.2, 0) is 4.74 Å². The van der Waals surface area contributed by atoms with Gasteiger partial charge in [-0.15, -0.1) is 11.6 Å². The number of ether oxygens (including phenoxy) is 1. The van der Waals surface area contributed by atoms with Gasteiger partial charge in [0.15, 0.2) is 0 Å². The highest BCUT2D eigenvalue weighted by Gasteiger charge is 1.86. The van der Waals surface area contributed by atoms with E-state index in [9.17, 15) is 4.39 Å². The lowest BCUT2D eigenvalue weighted by atomic mass is 10.6. The third-order valence-electron chi connectivity index (χ3n) is 0.916. The van der Waals surface area contributed by atoms with Crippen molar-refractivity contribution in [3.8, 4) is 0 Å². The molecule has 0 atom stereocenters. The molecule has 0 rings (SSSR count). The molecular weight excluding hydrogens is 157 g/mol. The van der Waals surface area contributed by atoms with Crippen molar-refractivity contribution in [2.24, 2.45) is 0 Å². The molecule has 0 aromatic carbocycles. The van der Waals surface area contributed by atoms with Crippen molar-refractivity contribution in [2.45, 2.75) is 0 Å². The molecule has 0 aliphatic heterocycles. The molecule has 0 saturated carbocycles. The van der Waals surface area contributed by atoms with Crippen LogP contribution in [-0.4, -0.2) is 38.9 Å². The van der Waals surface area contributed by atoms with E-state index in [-0.39, 0.29) is 6.67 Å². The molecule has 4 heteroatoms. The zero-order chi connectivity index (χ0) is 7.66. The van der Waals surface area contributed by atoms with Crippen LogP contribution in [0.5, 0.6) is 0 Å². The Labute approximate surface area is 65.7 Å². The van der Waals surface area contributed by atoms with Crippen molar-refractivity contribution in [1.82, 2.24) is 5.32 Å². The molecule has 2 nitrogen and oxygen atoms in total. The topological polar surface area (TPSA) is 21.3 Å². The molecule has 10 heavy (non-hydrogen) atoms. The Morgan fingerprint density at radius 2 is 2.10 bits per heavy atom. The number of nitrogens with one attached hydrogen (secondary N) is 1. The molecule has 1 N–H and O–H groups in total. The van der Waals surface area contributed by atoms with Crippen molar-refractivity contribution in [1.29, 1.82) is 0 Å². The molecule has 0 aliphatic carbocycles. The minimum atomic E-state index is -0.324. The first kappa shape index (κ1) is 10.1. The van der Waals surface area contributed by atoms with Gasteiger partial charge in [-0.05, 0) is 0 Å². The third-order valence-corrected chi connectivity index (χ3v) is 1.07. The van der Waals surface area contributed by atoms with Gasteiger partial charge in [-0.1, -0.05) is 0 Å². The fourth-order valence-corrected chi connectivity index (χ4v) is 0.602. The monoisotopic (exact) mass is 169 g/mol. The second-order valence-electron chi connectivity index (χ2n) is 1.74. The number of hydrogen-bond donors (Lipinski definition) is 1. The van der Waals surface area contributed by atoms with Crippen molar-refractivity contribution in [3.05, 3.63) is 0 Å². The summed E-state index contributed by atoms with van der Waals surface area (Å²) in [7, 11) is 0. The summed E-state index contributed by atoms with van der Waals surface area (Å²) in [5, 5.41) is 2.85. The van der Waals surface area contributed by atoms with E-state index in [1.54, 1.807) is 0 Å². The van der Waals surface area contributed by atoms with Gasteiger partial charge in [-0.3, -0.25) is 0 Å². The van der Waals surface area contributed by atoms with Crippen LogP contribution in [0.3, 0.4) is 0 Å². The molecule has 0 spiro atoms. The maximum Gasteiger partial charge on any atom is 0.102 e. The molecular formula is C6H13ClFNO. The zero-order valence-corrected chi connectivity index (χ0v) is 6.66. The smallest absolute Gasteiger partial charge is 0.102 e. The largest absolute Gasteiger partial charge is 0.379 e. The summed E-state index contributed by atoms with van der Waals surface area (Å²) >= 11 is 5.34. The molecule has 0 heterocycles. The Hall–Kier alpha value is 0.140. The highest BCUT2D eigenvalue weighted by molar-refractivity contribution is 6.17. The van der Waals surface area contributed by atoms with Crippen LogP contribution in [0.4, 0.5) is 4.39 Å². The fourth-order valence-electron chi connectivity index (χ4n) is 0.493. The van der Waals surface area contributed by atoms with E-state index in [2.05, 4.69) is 5.32 Å². The molecule has 0 amide bonds. The lowest BCUT2D eigenvalue weighted by molar-refractivity contribution is 0.150. The third kappa shape index (κ3) is 8.14. The molecule has 0 bridgehead atoms. The fraction of sp³-hybridized carbons (Fsp3) is 1.00. The van der Waals surface area contributed by atoms with E-state index < -0.39 is 0 Å². The van der Waals surface area contributed by atoms with Gasteiger partial charge in [0, 0.05) is 19.0 Å². The van der Waals surface area contributed by atoms with E-state index in [0.717, 1.165) is 0 Å². The Balaban J connectivity index is 2.65. The molecule has 0 radical (unpaired) electrons. The Kier molecular flexibility index (Phi) is 9.27. The number of hydrogen-bond acceptors (Lipinski definition) is 2. The molecule has 0 fully saturated rings. The molecule has 0 aliphatic rings. The highest BCUT2D eigenvalue weighted by Crippen LogP contribution is 1.77. The van der Waals surface area contributed by atoms with Crippen molar-refractivity contribution in [3.63, 3.8) is 0 Å². The van der Waals surface area contributed by atoms with Crippen molar-refractivity contribution < 1.29 is 9.13 Å². The van der Waals surface area contributed by atoms with E-state index >= 15 is 0 Å². The summed E-state index contributed by atoms with van der Waals surface area (Å²) in [6.45, 7) is 1.95. The standard InChI is InChI=1S/C6H13ClFNO/c7-1-5-10-6-4-9-3-2-8/h9H,1-6H2. The number of alkyl halides is 2. The summed E-state index contributed by atoms with van der Waals surface area (Å²) in [5.41, 5.74) is 0. The summed E-state index contributed by atoms with van der Waals surface area (Å²) in [6, 6.07) is 0. The van der Waals surface area contributed by atoms with Crippen LogP contribution in [0.1, 0.15) is 0 Å². The number of halogens is 2. The highest BCUT2D eigenvalue weighted by atomic mass is 35.5. The van der Waals surface area contributed by atoms with Gasteiger partial charge < -0.3 is 10.1 Å². The van der Waals surface area contributed by atoms with Gasteiger partial charge in [-0.2, -0.15) is 0 Å². The Bertz CT molecular complexity index is 57.7. The van der Waals surface area contributed by atoms with Crippen LogP contribution >= 0.6 is 11.6 Å². The first-order valence-corrected chi connectivity index (χ1v) is 3.85. The van der Waals surface area contributed by atoms with Crippen LogP contribution in [0, 0.1) is 0 Å². The van der Waals surface area contributed by atoms with E-state index in [1.807, 2.05) is 0 Å². The van der Waals surface area contributed by atoms with E-state index in [4.69, 9.17) is 16.3 Å². The van der Waals surface area contributed by atoms with Gasteiger partial charge >= 0.3 is 0 Å². The quantitative estimate of drug-likeness (QED) is 0.450. The van der Waals surface area contributed by atoms with Crippen LogP contribution in [0.25, 0.3) is 0 Å². The maximum absolute atomic E-state index is 11.4. The average Bonchev–Trinajstić information content (AvgIpc) is 1.97. The lowest BCUT2D eigenvalue weighted by Gasteiger charge is -2.01. The number of rotatable bonds is 7. The van der Waals surface area contributed by atoms with Gasteiger partial charge in [0.2, 0.25) is 0 Å². The molecule has 62 valence electrons. The second kappa shape index (κ2) is 9.14. The second-order valence-corrected chi connectivity index (χ2v) is 2.12.